The van der Waals surface area contributed by atoms with Crippen molar-refractivity contribution in [2.75, 3.05) is 19.6 Å². The highest BCUT2D eigenvalue weighted by Gasteiger charge is 2.23. The Bertz CT molecular complexity index is 641. The third kappa shape index (κ3) is 5.46. The molecule has 2 fully saturated rings. The van der Waals surface area contributed by atoms with Gasteiger partial charge in [0.1, 0.15) is 0 Å². The summed E-state index contributed by atoms with van der Waals surface area (Å²) in [7, 11) is 0. The number of primary amides is 1. The minimum atomic E-state index is -0.178. The van der Waals surface area contributed by atoms with E-state index in [0.29, 0.717) is 12.5 Å². The number of nitrogens with one attached hydrogen (secondary N) is 1. The van der Waals surface area contributed by atoms with Crippen LogP contribution in [0.15, 0.2) is 29.3 Å². The summed E-state index contributed by atoms with van der Waals surface area (Å²) in [6.07, 6.45) is 5.88. The molecule has 6 nitrogen and oxygen atoms in total. The van der Waals surface area contributed by atoms with Crippen LogP contribution in [0.3, 0.4) is 0 Å². The lowest BCUT2D eigenvalue weighted by Crippen LogP contribution is -2.40. The van der Waals surface area contributed by atoms with Gasteiger partial charge in [0, 0.05) is 19.6 Å². The molecule has 2 aliphatic rings. The van der Waals surface area contributed by atoms with E-state index >= 15 is 0 Å². The van der Waals surface area contributed by atoms with Gasteiger partial charge in [-0.1, -0.05) is 30.7 Å². The second-order valence-electron chi connectivity index (χ2n) is 7.68. The van der Waals surface area contributed by atoms with Gasteiger partial charge < -0.3 is 16.8 Å². The predicted molar refractivity (Wildman–Crippen MR) is 104 cm³/mol. The zero-order valence-electron chi connectivity index (χ0n) is 15.5. The molecule has 1 aliphatic heterocycles. The van der Waals surface area contributed by atoms with E-state index in [9.17, 15) is 4.79 Å². The number of nitrogens with zero attached hydrogens (tertiary/aromatic N) is 2. The number of hydrogen-bond donors (Lipinski definition) is 3. The van der Waals surface area contributed by atoms with Crippen LogP contribution in [0.4, 0.5) is 0 Å². The molecular formula is C20H31N5O. The first-order valence-corrected chi connectivity index (χ1v) is 9.73. The zero-order chi connectivity index (χ0) is 18.4. The first kappa shape index (κ1) is 18.7. The molecule has 0 bridgehead atoms. The number of benzene rings is 1. The maximum Gasteiger partial charge on any atom is 0.221 e. The van der Waals surface area contributed by atoms with Gasteiger partial charge in [0.25, 0.3) is 0 Å². The topological polar surface area (TPSA) is 96.7 Å². The van der Waals surface area contributed by atoms with Crippen molar-refractivity contribution >= 4 is 11.9 Å². The first-order chi connectivity index (χ1) is 12.6. The molecule has 0 aromatic heterocycles. The molecule has 1 aromatic carbocycles. The molecular weight excluding hydrogens is 326 g/mol. The quantitative estimate of drug-likeness (QED) is 0.510. The van der Waals surface area contributed by atoms with Crippen molar-refractivity contribution in [1.82, 2.24) is 10.2 Å². The van der Waals surface area contributed by atoms with Crippen molar-refractivity contribution in [3.63, 3.8) is 0 Å². The molecule has 1 amide bonds. The van der Waals surface area contributed by atoms with E-state index in [1.54, 1.807) is 0 Å². The maximum atomic E-state index is 11.4. The van der Waals surface area contributed by atoms with Gasteiger partial charge in [0.05, 0.1) is 12.5 Å². The number of amides is 1. The van der Waals surface area contributed by atoms with E-state index in [0.717, 1.165) is 50.5 Å². The molecule has 3 rings (SSSR count). The lowest BCUT2D eigenvalue weighted by molar-refractivity contribution is -0.123. The second-order valence-corrected chi connectivity index (χ2v) is 7.68. The number of nitrogens with two attached hydrogens (primary N) is 2. The number of carbonyl (C=O) groups is 1. The normalized spacial score (nSPS) is 22.0. The molecule has 5 N–H and O–H groups in total. The molecule has 1 atom stereocenters. The highest BCUT2D eigenvalue weighted by atomic mass is 16.1. The summed E-state index contributed by atoms with van der Waals surface area (Å²) in [5.41, 5.74) is 13.8. The standard InChI is InChI=1S/C20H31N5O/c21-19(26)18-8-3-9-25(14-18)13-17-7-2-6-16(10-17)12-24-20(22)23-11-15-4-1-5-15/h2,6-7,10,15,18H,1,3-5,8-9,11-14H2,(H2,21,26)(H3,22,23,24). The highest BCUT2D eigenvalue weighted by Crippen LogP contribution is 2.25. The summed E-state index contributed by atoms with van der Waals surface area (Å²) in [4.78, 5) is 18.2. The van der Waals surface area contributed by atoms with Gasteiger partial charge in [0.15, 0.2) is 5.96 Å². The minimum absolute atomic E-state index is 0.0157. The lowest BCUT2D eigenvalue weighted by Gasteiger charge is -2.31. The van der Waals surface area contributed by atoms with Crippen LogP contribution in [0, 0.1) is 11.8 Å². The van der Waals surface area contributed by atoms with E-state index < -0.39 is 0 Å². The smallest absolute Gasteiger partial charge is 0.221 e. The Morgan fingerprint density at radius 3 is 2.73 bits per heavy atom. The Morgan fingerprint density at radius 2 is 2.00 bits per heavy atom. The average Bonchev–Trinajstić information content (AvgIpc) is 2.59. The summed E-state index contributed by atoms with van der Waals surface area (Å²) in [5, 5.41) is 3.23. The van der Waals surface area contributed by atoms with Crippen LogP contribution in [0.1, 0.15) is 43.2 Å². The summed E-state index contributed by atoms with van der Waals surface area (Å²) in [5.74, 6) is 1.10. The summed E-state index contributed by atoms with van der Waals surface area (Å²) >= 11 is 0. The average molecular weight is 358 g/mol. The first-order valence-electron chi connectivity index (χ1n) is 9.73. The number of likely N-dealkylation sites (tertiary alicyclic amines) is 1. The third-order valence-electron chi connectivity index (χ3n) is 5.53. The van der Waals surface area contributed by atoms with Gasteiger partial charge in [-0.05, 0) is 49.3 Å². The van der Waals surface area contributed by atoms with E-state index in [2.05, 4.69) is 39.5 Å². The number of aliphatic imine (C=N–C) groups is 1. The molecule has 0 radical (unpaired) electrons. The van der Waals surface area contributed by atoms with Gasteiger partial charge >= 0.3 is 0 Å². The number of piperidine rings is 1. The van der Waals surface area contributed by atoms with Gasteiger partial charge in [-0.25, -0.2) is 4.99 Å². The number of carbonyl (C=O) groups excluding carboxylic acids is 1. The zero-order valence-corrected chi connectivity index (χ0v) is 15.5. The fourth-order valence-electron chi connectivity index (χ4n) is 3.69. The minimum Gasteiger partial charge on any atom is -0.370 e. The summed E-state index contributed by atoms with van der Waals surface area (Å²) in [6.45, 7) is 4.14. The number of hydrogen-bond acceptors (Lipinski definition) is 3. The van der Waals surface area contributed by atoms with Crippen molar-refractivity contribution in [2.45, 2.75) is 45.2 Å². The fraction of sp³-hybridized carbons (Fsp3) is 0.600. The van der Waals surface area contributed by atoms with Crippen LogP contribution in [0.25, 0.3) is 0 Å². The molecule has 6 heteroatoms. The fourth-order valence-corrected chi connectivity index (χ4v) is 3.69. The lowest BCUT2D eigenvalue weighted by atomic mass is 9.85. The number of rotatable bonds is 7. The Balaban J connectivity index is 1.50. The SMILES string of the molecule is NC(=O)C1CCCN(Cc2cccc(CN=C(N)NCC3CCC3)c2)C1. The Labute approximate surface area is 156 Å². The van der Waals surface area contributed by atoms with Crippen LogP contribution in [0.5, 0.6) is 0 Å². The van der Waals surface area contributed by atoms with Crippen LogP contribution in [-0.2, 0) is 17.9 Å². The van der Waals surface area contributed by atoms with Crippen LogP contribution >= 0.6 is 0 Å². The maximum absolute atomic E-state index is 11.4. The van der Waals surface area contributed by atoms with E-state index in [4.69, 9.17) is 11.5 Å². The van der Waals surface area contributed by atoms with Crippen LogP contribution in [0.2, 0.25) is 0 Å². The molecule has 1 aliphatic carbocycles. The van der Waals surface area contributed by atoms with Gasteiger partial charge in [0.2, 0.25) is 5.91 Å². The molecule has 142 valence electrons. The summed E-state index contributed by atoms with van der Waals surface area (Å²) < 4.78 is 0. The Morgan fingerprint density at radius 1 is 1.19 bits per heavy atom. The van der Waals surface area contributed by atoms with Crippen molar-refractivity contribution < 1.29 is 4.79 Å². The third-order valence-corrected chi connectivity index (χ3v) is 5.53. The van der Waals surface area contributed by atoms with Crippen molar-refractivity contribution in [3.05, 3.63) is 35.4 Å². The predicted octanol–water partition coefficient (Wildman–Crippen LogP) is 1.59. The van der Waals surface area contributed by atoms with Crippen LogP contribution < -0.4 is 16.8 Å². The van der Waals surface area contributed by atoms with E-state index in [1.165, 1.54) is 24.8 Å². The Hall–Kier alpha value is -2.08. The Kier molecular flexibility index (Phi) is 6.50. The molecule has 1 heterocycles. The van der Waals surface area contributed by atoms with E-state index in [-0.39, 0.29) is 11.8 Å². The van der Waals surface area contributed by atoms with Crippen LogP contribution in [-0.4, -0.2) is 36.4 Å². The monoisotopic (exact) mass is 357 g/mol. The number of guanidine groups is 1. The molecule has 1 saturated heterocycles. The van der Waals surface area contributed by atoms with Crippen molar-refractivity contribution in [2.24, 2.45) is 28.3 Å². The molecule has 0 spiro atoms. The van der Waals surface area contributed by atoms with Gasteiger partial charge in [-0.15, -0.1) is 0 Å². The van der Waals surface area contributed by atoms with Crippen molar-refractivity contribution in [3.8, 4) is 0 Å². The second kappa shape index (κ2) is 9.03. The summed E-state index contributed by atoms with van der Waals surface area (Å²) in [6, 6.07) is 8.44. The van der Waals surface area contributed by atoms with Crippen molar-refractivity contribution in [1.29, 1.82) is 0 Å². The molecule has 26 heavy (non-hydrogen) atoms. The highest BCUT2D eigenvalue weighted by molar-refractivity contribution is 5.77. The van der Waals surface area contributed by atoms with Gasteiger partial charge in [-0.2, -0.15) is 0 Å². The largest absolute Gasteiger partial charge is 0.370 e. The van der Waals surface area contributed by atoms with Gasteiger partial charge in [-0.3, -0.25) is 9.69 Å². The van der Waals surface area contributed by atoms with E-state index in [1.807, 2.05) is 0 Å². The molecule has 1 saturated carbocycles. The molecule has 1 unspecified atom stereocenters. The molecule has 1 aromatic rings.